The molecule has 1 heterocycles. The minimum absolute atomic E-state index is 0.0648. The van der Waals surface area contributed by atoms with Crippen LogP contribution in [0, 0.1) is 0 Å². The zero-order valence-corrected chi connectivity index (χ0v) is 6.47. The molecule has 0 amide bonds. The van der Waals surface area contributed by atoms with Crippen LogP contribution in [0.3, 0.4) is 0 Å². The standard InChI is InChI=1S/C6H7NO3S/c8-2-4-3-11-5(7-4)1-6(9)10/h3,8H,1-2H2,(H,9,10). The van der Waals surface area contributed by atoms with Gasteiger partial charge in [-0.1, -0.05) is 0 Å². The molecule has 11 heavy (non-hydrogen) atoms. The van der Waals surface area contributed by atoms with Crippen LogP contribution in [0.15, 0.2) is 5.38 Å². The SMILES string of the molecule is O=C(O)Cc1nc(CO)cs1. The van der Waals surface area contributed by atoms with Gasteiger partial charge in [0.25, 0.3) is 0 Å². The maximum Gasteiger partial charge on any atom is 0.310 e. The second-order valence-electron chi connectivity index (χ2n) is 1.96. The number of thiazole rings is 1. The van der Waals surface area contributed by atoms with Crippen LogP contribution in [0.1, 0.15) is 10.7 Å². The number of nitrogens with zero attached hydrogens (tertiary/aromatic N) is 1. The molecule has 0 aliphatic carbocycles. The third-order valence-electron chi connectivity index (χ3n) is 1.06. The molecular weight excluding hydrogens is 166 g/mol. The van der Waals surface area contributed by atoms with Gasteiger partial charge in [-0.3, -0.25) is 4.79 Å². The Kier molecular flexibility index (Phi) is 2.56. The first-order chi connectivity index (χ1) is 5.22. The number of aliphatic carboxylic acids is 1. The van der Waals surface area contributed by atoms with Gasteiger partial charge >= 0.3 is 5.97 Å². The summed E-state index contributed by atoms with van der Waals surface area (Å²) < 4.78 is 0. The fourth-order valence-electron chi connectivity index (χ4n) is 0.632. The molecule has 0 bridgehead atoms. The Bertz CT molecular complexity index is 258. The molecule has 0 aromatic carbocycles. The summed E-state index contributed by atoms with van der Waals surface area (Å²) in [6.07, 6.45) is -0.0648. The van der Waals surface area contributed by atoms with Crippen molar-refractivity contribution in [3.8, 4) is 0 Å². The molecule has 2 N–H and O–H groups in total. The van der Waals surface area contributed by atoms with E-state index in [9.17, 15) is 4.79 Å². The van der Waals surface area contributed by atoms with Crippen LogP contribution < -0.4 is 0 Å². The van der Waals surface area contributed by atoms with E-state index in [1.54, 1.807) is 5.38 Å². The van der Waals surface area contributed by atoms with Gasteiger partial charge in [0.2, 0.25) is 0 Å². The number of carboxylic acid groups (broad SMARTS) is 1. The molecular formula is C6H7NO3S. The van der Waals surface area contributed by atoms with Crippen molar-refractivity contribution in [1.29, 1.82) is 0 Å². The van der Waals surface area contributed by atoms with Gasteiger partial charge in [0.1, 0.15) is 5.01 Å². The smallest absolute Gasteiger partial charge is 0.310 e. The van der Waals surface area contributed by atoms with Crippen LogP contribution in [0.25, 0.3) is 0 Å². The van der Waals surface area contributed by atoms with E-state index >= 15 is 0 Å². The highest BCUT2D eigenvalue weighted by atomic mass is 32.1. The van der Waals surface area contributed by atoms with Crippen molar-refractivity contribution in [3.05, 3.63) is 16.1 Å². The molecule has 1 aromatic heterocycles. The van der Waals surface area contributed by atoms with Crippen LogP contribution in [-0.4, -0.2) is 21.2 Å². The van der Waals surface area contributed by atoms with Crippen molar-refractivity contribution >= 4 is 17.3 Å². The number of aromatic nitrogens is 1. The van der Waals surface area contributed by atoms with Gasteiger partial charge in [-0.2, -0.15) is 0 Å². The number of aliphatic hydroxyl groups excluding tert-OH is 1. The number of carboxylic acids is 1. The van der Waals surface area contributed by atoms with E-state index in [1.807, 2.05) is 0 Å². The Balaban J connectivity index is 2.65. The third kappa shape index (κ3) is 2.28. The molecule has 0 spiro atoms. The highest BCUT2D eigenvalue weighted by Crippen LogP contribution is 2.09. The van der Waals surface area contributed by atoms with Crippen molar-refractivity contribution in [3.63, 3.8) is 0 Å². The first-order valence-electron chi connectivity index (χ1n) is 2.98. The number of aliphatic hydroxyl groups is 1. The van der Waals surface area contributed by atoms with Gasteiger partial charge in [0, 0.05) is 5.38 Å². The molecule has 0 atom stereocenters. The first-order valence-corrected chi connectivity index (χ1v) is 3.86. The van der Waals surface area contributed by atoms with Gasteiger partial charge in [0.15, 0.2) is 0 Å². The van der Waals surface area contributed by atoms with E-state index in [1.165, 1.54) is 11.3 Å². The molecule has 4 nitrogen and oxygen atoms in total. The monoisotopic (exact) mass is 173 g/mol. The number of rotatable bonds is 3. The fraction of sp³-hybridized carbons (Fsp3) is 0.333. The molecule has 5 heteroatoms. The Morgan fingerprint density at radius 3 is 2.91 bits per heavy atom. The summed E-state index contributed by atoms with van der Waals surface area (Å²) in [7, 11) is 0. The van der Waals surface area contributed by atoms with Crippen molar-refractivity contribution < 1.29 is 15.0 Å². The Morgan fingerprint density at radius 2 is 2.45 bits per heavy atom. The van der Waals surface area contributed by atoms with E-state index in [2.05, 4.69) is 4.98 Å². The summed E-state index contributed by atoms with van der Waals surface area (Å²) in [5, 5.41) is 19.1. The van der Waals surface area contributed by atoms with Gasteiger partial charge in [0.05, 0.1) is 18.7 Å². The quantitative estimate of drug-likeness (QED) is 0.688. The molecule has 0 unspecified atom stereocenters. The van der Waals surface area contributed by atoms with E-state index in [0.717, 1.165) is 0 Å². The second-order valence-corrected chi connectivity index (χ2v) is 2.90. The zero-order chi connectivity index (χ0) is 8.27. The van der Waals surface area contributed by atoms with Gasteiger partial charge in [-0.05, 0) is 0 Å². The van der Waals surface area contributed by atoms with Crippen LogP contribution in [0.5, 0.6) is 0 Å². The normalized spacial score (nSPS) is 9.91. The average molecular weight is 173 g/mol. The van der Waals surface area contributed by atoms with E-state index in [4.69, 9.17) is 10.2 Å². The van der Waals surface area contributed by atoms with E-state index in [0.29, 0.717) is 10.7 Å². The predicted octanol–water partition coefficient (Wildman–Crippen LogP) is 0.262. The molecule has 0 radical (unpaired) electrons. The highest BCUT2D eigenvalue weighted by Gasteiger charge is 2.04. The van der Waals surface area contributed by atoms with Gasteiger partial charge in [-0.15, -0.1) is 11.3 Å². The topological polar surface area (TPSA) is 70.4 Å². The summed E-state index contributed by atoms with van der Waals surface area (Å²) in [6, 6.07) is 0. The third-order valence-corrected chi connectivity index (χ3v) is 1.96. The molecule has 0 aliphatic rings. The van der Waals surface area contributed by atoms with Crippen LogP contribution in [0.4, 0.5) is 0 Å². The molecule has 0 saturated carbocycles. The minimum atomic E-state index is -0.899. The van der Waals surface area contributed by atoms with Gasteiger partial charge in [-0.25, -0.2) is 4.98 Å². The fourth-order valence-corrected chi connectivity index (χ4v) is 1.41. The number of hydrogen-bond acceptors (Lipinski definition) is 4. The lowest BCUT2D eigenvalue weighted by Crippen LogP contribution is -1.99. The molecule has 1 aromatic rings. The predicted molar refractivity (Wildman–Crippen MR) is 39.4 cm³/mol. The molecule has 0 saturated heterocycles. The van der Waals surface area contributed by atoms with Crippen LogP contribution in [-0.2, 0) is 17.8 Å². The Labute approximate surface area is 67.1 Å². The number of carbonyl (C=O) groups is 1. The Morgan fingerprint density at radius 1 is 1.73 bits per heavy atom. The minimum Gasteiger partial charge on any atom is -0.481 e. The molecule has 0 fully saturated rings. The van der Waals surface area contributed by atoms with E-state index in [-0.39, 0.29) is 13.0 Å². The average Bonchev–Trinajstić information content (AvgIpc) is 2.34. The molecule has 60 valence electrons. The summed E-state index contributed by atoms with van der Waals surface area (Å²) in [5.41, 5.74) is 0.534. The van der Waals surface area contributed by atoms with Crippen molar-refractivity contribution in [2.75, 3.05) is 0 Å². The van der Waals surface area contributed by atoms with Crippen molar-refractivity contribution in [2.45, 2.75) is 13.0 Å². The Hall–Kier alpha value is -0.940. The van der Waals surface area contributed by atoms with Crippen LogP contribution in [0.2, 0.25) is 0 Å². The number of hydrogen-bond donors (Lipinski definition) is 2. The lowest BCUT2D eigenvalue weighted by Gasteiger charge is -1.86. The summed E-state index contributed by atoms with van der Waals surface area (Å²) in [5.74, 6) is -0.899. The van der Waals surface area contributed by atoms with Crippen molar-refractivity contribution in [2.24, 2.45) is 0 Å². The maximum atomic E-state index is 10.2. The maximum absolute atomic E-state index is 10.2. The lowest BCUT2D eigenvalue weighted by molar-refractivity contribution is -0.136. The summed E-state index contributed by atoms with van der Waals surface area (Å²) >= 11 is 1.25. The van der Waals surface area contributed by atoms with Crippen molar-refractivity contribution in [1.82, 2.24) is 4.98 Å². The largest absolute Gasteiger partial charge is 0.481 e. The molecule has 1 rings (SSSR count). The zero-order valence-electron chi connectivity index (χ0n) is 5.65. The summed E-state index contributed by atoms with van der Waals surface area (Å²) in [6.45, 7) is -0.129. The van der Waals surface area contributed by atoms with Crippen LogP contribution >= 0.6 is 11.3 Å². The van der Waals surface area contributed by atoms with Gasteiger partial charge < -0.3 is 10.2 Å². The van der Waals surface area contributed by atoms with E-state index < -0.39 is 5.97 Å². The highest BCUT2D eigenvalue weighted by molar-refractivity contribution is 7.09. The first kappa shape index (κ1) is 8.16. The second kappa shape index (κ2) is 3.45. The lowest BCUT2D eigenvalue weighted by atomic mass is 10.4. The molecule has 0 aliphatic heterocycles. The summed E-state index contributed by atoms with van der Waals surface area (Å²) in [4.78, 5) is 14.0.